The van der Waals surface area contributed by atoms with Gasteiger partial charge in [-0.1, -0.05) is 42.5 Å². The second-order valence-corrected chi connectivity index (χ2v) is 5.58. The highest BCUT2D eigenvalue weighted by molar-refractivity contribution is 7.85. The van der Waals surface area contributed by atoms with Gasteiger partial charge in [0, 0.05) is 0 Å². The van der Waals surface area contributed by atoms with E-state index in [0.29, 0.717) is 12.0 Å². The minimum Gasteiger partial charge on any atom is -0.282 e. The van der Waals surface area contributed by atoms with Crippen molar-refractivity contribution in [2.45, 2.75) is 18.2 Å². The van der Waals surface area contributed by atoms with Gasteiger partial charge in [-0.2, -0.15) is 8.42 Å². The number of aryl methyl sites for hydroxylation is 1. The highest BCUT2D eigenvalue weighted by Gasteiger charge is 2.16. The van der Waals surface area contributed by atoms with E-state index in [1.165, 1.54) is 6.07 Å². The Labute approximate surface area is 107 Å². The normalized spacial score (nSPS) is 11.4. The summed E-state index contributed by atoms with van der Waals surface area (Å²) < 4.78 is 31.9. The zero-order valence-corrected chi connectivity index (χ0v) is 10.8. The summed E-state index contributed by atoms with van der Waals surface area (Å²) in [6.07, 6.45) is 0.489. The monoisotopic (exact) mass is 262 g/mol. The number of rotatable bonds is 3. The predicted octanol–water partition coefficient (Wildman–Crippen LogP) is 2.83. The topological polar surface area (TPSA) is 54.4 Å². The maximum Gasteiger partial charge on any atom is 0.294 e. The molecule has 0 saturated carbocycles. The maximum atomic E-state index is 11.4. The minimum atomic E-state index is -4.18. The van der Waals surface area contributed by atoms with E-state index < -0.39 is 10.1 Å². The molecular weight excluding hydrogens is 248 g/mol. The molecule has 94 valence electrons. The number of benzene rings is 2. The zero-order chi connectivity index (χ0) is 13.2. The van der Waals surface area contributed by atoms with Crippen LogP contribution in [0.5, 0.6) is 0 Å². The molecule has 2 aromatic carbocycles. The Bertz CT molecular complexity index is 646. The third kappa shape index (κ3) is 2.78. The second kappa shape index (κ2) is 4.92. The first-order chi connectivity index (χ1) is 8.48. The van der Waals surface area contributed by atoms with Gasteiger partial charge >= 0.3 is 0 Å². The smallest absolute Gasteiger partial charge is 0.282 e. The van der Waals surface area contributed by atoms with E-state index in [2.05, 4.69) is 0 Å². The lowest BCUT2D eigenvalue weighted by molar-refractivity contribution is 0.482. The van der Waals surface area contributed by atoms with Crippen LogP contribution in [0.4, 0.5) is 0 Å². The van der Waals surface area contributed by atoms with Crippen molar-refractivity contribution in [1.29, 1.82) is 0 Å². The molecule has 0 unspecified atom stereocenters. The SMILES string of the molecule is Cc1cccc(S(=O)(=O)O)c1Cc1ccccc1. The lowest BCUT2D eigenvalue weighted by Crippen LogP contribution is -2.05. The molecule has 3 nitrogen and oxygen atoms in total. The van der Waals surface area contributed by atoms with E-state index in [4.69, 9.17) is 0 Å². The fraction of sp³-hybridized carbons (Fsp3) is 0.143. The molecule has 0 aliphatic carbocycles. The first-order valence-corrected chi connectivity index (χ1v) is 7.02. The van der Waals surface area contributed by atoms with Crippen LogP contribution in [0, 0.1) is 6.92 Å². The van der Waals surface area contributed by atoms with Gasteiger partial charge in [-0.3, -0.25) is 4.55 Å². The molecule has 0 aliphatic heterocycles. The van der Waals surface area contributed by atoms with Gasteiger partial charge in [0.05, 0.1) is 4.90 Å². The lowest BCUT2D eigenvalue weighted by atomic mass is 10.0. The molecule has 2 rings (SSSR count). The number of hydrogen-bond donors (Lipinski definition) is 1. The van der Waals surface area contributed by atoms with Crippen molar-refractivity contribution < 1.29 is 13.0 Å². The molecule has 0 saturated heterocycles. The van der Waals surface area contributed by atoms with E-state index in [1.807, 2.05) is 43.3 Å². The third-order valence-corrected chi connectivity index (χ3v) is 3.81. The molecule has 0 radical (unpaired) electrons. The van der Waals surface area contributed by atoms with Crippen LogP contribution in [0.1, 0.15) is 16.7 Å². The van der Waals surface area contributed by atoms with E-state index >= 15 is 0 Å². The average Bonchev–Trinajstić information content (AvgIpc) is 2.32. The van der Waals surface area contributed by atoms with Gasteiger partial charge in [-0.25, -0.2) is 0 Å². The third-order valence-electron chi connectivity index (χ3n) is 2.87. The van der Waals surface area contributed by atoms with E-state index in [9.17, 15) is 13.0 Å². The molecule has 18 heavy (non-hydrogen) atoms. The highest BCUT2D eigenvalue weighted by Crippen LogP contribution is 2.22. The summed E-state index contributed by atoms with van der Waals surface area (Å²) in [5, 5.41) is 0. The van der Waals surface area contributed by atoms with Crippen LogP contribution in [-0.4, -0.2) is 13.0 Å². The summed E-state index contributed by atoms with van der Waals surface area (Å²) in [4.78, 5) is -0.00801. The Morgan fingerprint density at radius 1 is 1.00 bits per heavy atom. The maximum absolute atomic E-state index is 11.4. The first kappa shape index (κ1) is 12.8. The van der Waals surface area contributed by atoms with Crippen LogP contribution in [-0.2, 0) is 16.5 Å². The van der Waals surface area contributed by atoms with Crippen molar-refractivity contribution in [2.24, 2.45) is 0 Å². The molecule has 4 heteroatoms. The molecule has 0 heterocycles. The predicted molar refractivity (Wildman–Crippen MR) is 70.2 cm³/mol. The Morgan fingerprint density at radius 2 is 1.67 bits per heavy atom. The summed E-state index contributed by atoms with van der Waals surface area (Å²) in [5.74, 6) is 0. The van der Waals surface area contributed by atoms with Crippen LogP contribution >= 0.6 is 0 Å². The summed E-state index contributed by atoms with van der Waals surface area (Å²) in [5.41, 5.74) is 2.51. The van der Waals surface area contributed by atoms with Crippen LogP contribution in [0.3, 0.4) is 0 Å². The molecule has 0 aliphatic rings. The van der Waals surface area contributed by atoms with Gasteiger partial charge in [0.1, 0.15) is 0 Å². The average molecular weight is 262 g/mol. The van der Waals surface area contributed by atoms with Crippen LogP contribution in [0.2, 0.25) is 0 Å². The molecule has 0 bridgehead atoms. The van der Waals surface area contributed by atoms with E-state index in [-0.39, 0.29) is 4.90 Å². The lowest BCUT2D eigenvalue weighted by Gasteiger charge is -2.10. The van der Waals surface area contributed by atoms with Gasteiger partial charge in [0.25, 0.3) is 10.1 Å². The number of hydrogen-bond acceptors (Lipinski definition) is 2. The zero-order valence-electron chi connectivity index (χ0n) is 10.00. The molecule has 0 atom stereocenters. The Morgan fingerprint density at radius 3 is 2.28 bits per heavy atom. The summed E-state index contributed by atoms with van der Waals surface area (Å²) in [7, 11) is -4.18. The van der Waals surface area contributed by atoms with Gasteiger partial charge in [-0.15, -0.1) is 0 Å². The van der Waals surface area contributed by atoms with Gasteiger partial charge in [0.2, 0.25) is 0 Å². The molecular formula is C14H14O3S. The second-order valence-electron chi connectivity index (χ2n) is 4.19. The van der Waals surface area contributed by atoms with Gasteiger partial charge < -0.3 is 0 Å². The van der Waals surface area contributed by atoms with Crippen LogP contribution in [0.25, 0.3) is 0 Å². The Balaban J connectivity index is 2.51. The Kier molecular flexibility index (Phi) is 3.50. The molecule has 0 spiro atoms. The minimum absolute atomic E-state index is 0.00801. The van der Waals surface area contributed by atoms with Crippen molar-refractivity contribution in [3.05, 3.63) is 65.2 Å². The van der Waals surface area contributed by atoms with E-state index in [1.54, 1.807) is 6.07 Å². The van der Waals surface area contributed by atoms with Crippen molar-refractivity contribution in [3.8, 4) is 0 Å². The van der Waals surface area contributed by atoms with Crippen LogP contribution < -0.4 is 0 Å². The Hall–Kier alpha value is -1.65. The van der Waals surface area contributed by atoms with Crippen LogP contribution in [0.15, 0.2) is 53.4 Å². The summed E-state index contributed by atoms with van der Waals surface area (Å²) in [6, 6.07) is 14.5. The van der Waals surface area contributed by atoms with E-state index in [0.717, 1.165) is 11.1 Å². The largest absolute Gasteiger partial charge is 0.294 e. The summed E-state index contributed by atoms with van der Waals surface area (Å²) >= 11 is 0. The molecule has 1 N–H and O–H groups in total. The molecule has 0 amide bonds. The molecule has 2 aromatic rings. The standard InChI is InChI=1S/C14H14O3S/c1-11-6-5-9-14(18(15,16)17)13(11)10-12-7-3-2-4-8-12/h2-9H,10H2,1H3,(H,15,16,17). The fourth-order valence-corrected chi connectivity index (χ4v) is 2.74. The van der Waals surface area contributed by atoms with Gasteiger partial charge in [0.15, 0.2) is 0 Å². The summed E-state index contributed by atoms with van der Waals surface area (Å²) in [6.45, 7) is 1.84. The van der Waals surface area contributed by atoms with Crippen molar-refractivity contribution in [2.75, 3.05) is 0 Å². The van der Waals surface area contributed by atoms with Crippen molar-refractivity contribution >= 4 is 10.1 Å². The molecule has 0 aromatic heterocycles. The van der Waals surface area contributed by atoms with Gasteiger partial charge in [-0.05, 0) is 36.1 Å². The first-order valence-electron chi connectivity index (χ1n) is 5.58. The van der Waals surface area contributed by atoms with Crippen molar-refractivity contribution in [3.63, 3.8) is 0 Å². The fourth-order valence-electron chi connectivity index (χ4n) is 1.94. The quantitative estimate of drug-likeness (QED) is 0.865. The highest BCUT2D eigenvalue weighted by atomic mass is 32.2. The molecule has 0 fully saturated rings. The van der Waals surface area contributed by atoms with Crippen molar-refractivity contribution in [1.82, 2.24) is 0 Å².